The molecule has 0 unspecified atom stereocenters. The maximum Gasteiger partial charge on any atom is 0.530 e. The number of benzene rings is 1. The highest BCUT2D eigenvalue weighted by Crippen LogP contribution is 2.37. The average molecular weight is 519 g/mol. The zero-order chi connectivity index (χ0) is 24.3. The molecule has 32 heavy (non-hydrogen) atoms. The summed E-state index contributed by atoms with van der Waals surface area (Å²) in [5.41, 5.74) is 2.14. The van der Waals surface area contributed by atoms with Crippen LogP contribution in [-0.2, 0) is 17.7 Å². The monoisotopic (exact) mass is 518 g/mol. The molecule has 4 nitrogen and oxygen atoms in total. The number of halogens is 1. The second-order valence-corrected chi connectivity index (χ2v) is 17.9. The van der Waals surface area contributed by atoms with Gasteiger partial charge in [-0.25, -0.2) is 0 Å². The van der Waals surface area contributed by atoms with E-state index < -0.39 is 17.1 Å². The van der Waals surface area contributed by atoms with Crippen molar-refractivity contribution >= 4 is 40.5 Å². The SMILES string of the molecule is CCO[Si](C=C(CCCCO[Si](C)(C)C(C)(C)C)Sc1ccc(Cl)cc1)(OCC)OCC. The third-order valence-electron chi connectivity index (χ3n) is 5.52. The van der Waals surface area contributed by atoms with E-state index in [1.54, 1.807) is 11.8 Å². The summed E-state index contributed by atoms with van der Waals surface area (Å²) in [6.45, 7) is 19.9. The first-order valence-electron chi connectivity index (χ1n) is 11.7. The Kier molecular flexibility index (Phi) is 13.4. The fraction of sp³-hybridized carbons (Fsp3) is 0.667. The van der Waals surface area contributed by atoms with Crippen molar-refractivity contribution in [3.8, 4) is 0 Å². The molecule has 0 fully saturated rings. The summed E-state index contributed by atoms with van der Waals surface area (Å²) < 4.78 is 24.6. The molecule has 0 N–H and O–H groups in total. The topological polar surface area (TPSA) is 36.9 Å². The van der Waals surface area contributed by atoms with Gasteiger partial charge in [0.15, 0.2) is 8.32 Å². The van der Waals surface area contributed by atoms with Gasteiger partial charge in [0.05, 0.1) is 0 Å². The molecule has 0 heterocycles. The first-order valence-corrected chi connectivity index (χ1v) is 17.6. The lowest BCUT2D eigenvalue weighted by Gasteiger charge is -2.36. The second kappa shape index (κ2) is 14.3. The van der Waals surface area contributed by atoms with Crippen molar-refractivity contribution in [2.45, 2.75) is 83.8 Å². The van der Waals surface area contributed by atoms with Gasteiger partial charge in [0.25, 0.3) is 0 Å². The van der Waals surface area contributed by atoms with Crippen molar-refractivity contribution in [3.05, 3.63) is 39.9 Å². The maximum atomic E-state index is 6.36. The highest BCUT2D eigenvalue weighted by atomic mass is 35.5. The highest BCUT2D eigenvalue weighted by molar-refractivity contribution is 8.03. The number of unbranched alkanes of at least 4 members (excludes halogenated alkanes) is 1. The van der Waals surface area contributed by atoms with E-state index in [4.69, 9.17) is 29.3 Å². The van der Waals surface area contributed by atoms with Crippen LogP contribution in [0.5, 0.6) is 0 Å². The molecule has 0 aliphatic carbocycles. The van der Waals surface area contributed by atoms with Crippen LogP contribution in [0.3, 0.4) is 0 Å². The number of hydrogen-bond acceptors (Lipinski definition) is 5. The quantitative estimate of drug-likeness (QED) is 0.133. The van der Waals surface area contributed by atoms with Gasteiger partial charge < -0.3 is 17.7 Å². The normalized spacial score (nSPS) is 13.6. The van der Waals surface area contributed by atoms with E-state index >= 15 is 0 Å². The zero-order valence-electron chi connectivity index (χ0n) is 21.3. The Labute approximate surface area is 207 Å². The Morgan fingerprint density at radius 3 is 1.91 bits per heavy atom. The van der Waals surface area contributed by atoms with Gasteiger partial charge >= 0.3 is 8.80 Å². The average Bonchev–Trinajstić information content (AvgIpc) is 2.69. The number of hydrogen-bond donors (Lipinski definition) is 0. The Morgan fingerprint density at radius 1 is 0.906 bits per heavy atom. The first-order chi connectivity index (χ1) is 15.0. The molecule has 184 valence electrons. The van der Waals surface area contributed by atoms with Crippen LogP contribution in [0.2, 0.25) is 23.2 Å². The standard InChI is InChI=1S/C24H43ClO4SSi2/c1-9-26-32(27-10-2,28-11-3)20-23(30-22-17-15-21(25)16-18-22)14-12-13-19-29-31(7,8)24(4,5)6/h15-18,20H,9-14,19H2,1-8H3. The van der Waals surface area contributed by atoms with Gasteiger partial charge in [-0.1, -0.05) is 44.1 Å². The maximum absolute atomic E-state index is 6.36. The van der Waals surface area contributed by atoms with Crippen LogP contribution in [0.1, 0.15) is 60.8 Å². The van der Waals surface area contributed by atoms with E-state index in [9.17, 15) is 0 Å². The van der Waals surface area contributed by atoms with Gasteiger partial charge in [-0.15, -0.1) is 0 Å². The molecular weight excluding hydrogens is 476 g/mol. The van der Waals surface area contributed by atoms with Gasteiger partial charge in [0.2, 0.25) is 0 Å². The van der Waals surface area contributed by atoms with Crippen LogP contribution in [0.15, 0.2) is 39.8 Å². The minimum atomic E-state index is -2.88. The summed E-state index contributed by atoms with van der Waals surface area (Å²) in [6.07, 6.45) is 2.99. The summed E-state index contributed by atoms with van der Waals surface area (Å²) in [4.78, 5) is 2.35. The van der Waals surface area contributed by atoms with Crippen LogP contribution in [0, 0.1) is 0 Å². The molecule has 0 amide bonds. The van der Waals surface area contributed by atoms with Gasteiger partial charge in [-0.3, -0.25) is 0 Å². The molecule has 0 saturated heterocycles. The lowest BCUT2D eigenvalue weighted by Crippen LogP contribution is -2.44. The van der Waals surface area contributed by atoms with E-state index in [2.05, 4.69) is 39.6 Å². The van der Waals surface area contributed by atoms with Gasteiger partial charge in [0, 0.05) is 36.3 Å². The smallest absolute Gasteiger partial charge is 0.417 e. The highest BCUT2D eigenvalue weighted by Gasteiger charge is 2.39. The number of thioether (sulfide) groups is 1. The lowest BCUT2D eigenvalue weighted by atomic mass is 10.2. The lowest BCUT2D eigenvalue weighted by molar-refractivity contribution is 0.0841. The fourth-order valence-electron chi connectivity index (χ4n) is 2.80. The first kappa shape index (κ1) is 29.9. The Hall–Kier alpha value is -0.126. The predicted molar refractivity (Wildman–Crippen MR) is 143 cm³/mol. The van der Waals surface area contributed by atoms with Gasteiger partial charge in [0.1, 0.15) is 0 Å². The fourth-order valence-corrected chi connectivity index (χ4v) is 7.75. The number of allylic oxidation sites excluding steroid dienone is 1. The molecule has 0 aromatic heterocycles. The van der Waals surface area contributed by atoms with Crippen LogP contribution in [0.4, 0.5) is 0 Å². The minimum absolute atomic E-state index is 0.236. The molecule has 0 saturated carbocycles. The molecule has 1 aromatic rings. The zero-order valence-corrected chi connectivity index (χ0v) is 24.8. The van der Waals surface area contributed by atoms with Crippen LogP contribution >= 0.6 is 23.4 Å². The van der Waals surface area contributed by atoms with Crippen LogP contribution < -0.4 is 0 Å². The Bertz CT molecular complexity index is 673. The van der Waals surface area contributed by atoms with Crippen molar-refractivity contribution in [3.63, 3.8) is 0 Å². The second-order valence-electron chi connectivity index (χ2n) is 9.14. The van der Waals surface area contributed by atoms with Crippen molar-refractivity contribution < 1.29 is 17.7 Å². The molecule has 0 aliphatic rings. The molecule has 1 rings (SSSR count). The van der Waals surface area contributed by atoms with Crippen molar-refractivity contribution in [1.29, 1.82) is 0 Å². The summed E-state index contributed by atoms with van der Waals surface area (Å²) in [6, 6.07) is 7.94. The molecular formula is C24H43ClO4SSi2. The Morgan fingerprint density at radius 2 is 1.44 bits per heavy atom. The molecule has 0 spiro atoms. The summed E-state index contributed by atoms with van der Waals surface area (Å²) in [7, 11) is -4.58. The van der Waals surface area contributed by atoms with Crippen LogP contribution in [-0.4, -0.2) is 43.5 Å². The van der Waals surface area contributed by atoms with E-state index in [0.29, 0.717) is 19.8 Å². The third kappa shape index (κ3) is 10.4. The van der Waals surface area contributed by atoms with Crippen molar-refractivity contribution in [2.24, 2.45) is 0 Å². The van der Waals surface area contributed by atoms with Crippen molar-refractivity contribution in [1.82, 2.24) is 0 Å². The third-order valence-corrected chi connectivity index (χ3v) is 14.4. The summed E-state index contributed by atoms with van der Waals surface area (Å²) in [5, 5.41) is 0.976. The molecule has 8 heteroatoms. The van der Waals surface area contributed by atoms with E-state index in [1.807, 2.05) is 45.0 Å². The molecule has 0 aliphatic heterocycles. The van der Waals surface area contributed by atoms with E-state index in [0.717, 1.165) is 35.8 Å². The largest absolute Gasteiger partial charge is 0.530 e. The van der Waals surface area contributed by atoms with Gasteiger partial charge in [-0.05, 0) is 93.0 Å². The summed E-state index contributed by atoms with van der Waals surface area (Å²) >= 11 is 7.81. The molecule has 0 radical (unpaired) electrons. The number of rotatable bonds is 15. The molecule has 0 atom stereocenters. The van der Waals surface area contributed by atoms with Gasteiger partial charge in [-0.2, -0.15) is 0 Å². The van der Waals surface area contributed by atoms with Crippen molar-refractivity contribution in [2.75, 3.05) is 26.4 Å². The van der Waals surface area contributed by atoms with E-state index in [-0.39, 0.29) is 5.04 Å². The minimum Gasteiger partial charge on any atom is -0.417 e. The predicted octanol–water partition coefficient (Wildman–Crippen LogP) is 8.10. The molecule has 0 bridgehead atoms. The molecule has 1 aromatic carbocycles. The van der Waals surface area contributed by atoms with E-state index in [1.165, 1.54) is 4.91 Å². The van der Waals surface area contributed by atoms with Crippen LogP contribution in [0.25, 0.3) is 0 Å². The Balaban J connectivity index is 2.94. The summed E-state index contributed by atoms with van der Waals surface area (Å²) in [5.74, 6) is 0.